The number of amides is 1. The summed E-state index contributed by atoms with van der Waals surface area (Å²) < 4.78 is 5.40. The number of hydrogen-bond acceptors (Lipinski definition) is 4. The molecule has 1 N–H and O–H groups in total. The van der Waals surface area contributed by atoms with E-state index in [0.29, 0.717) is 5.92 Å². The minimum absolute atomic E-state index is 0.116. The molecule has 0 saturated carbocycles. The molecule has 5 heteroatoms. The summed E-state index contributed by atoms with van der Waals surface area (Å²) in [4.78, 5) is 17.3. The van der Waals surface area contributed by atoms with E-state index in [4.69, 9.17) is 4.74 Å². The standard InChI is InChI=1S/C18H27N3O2/c1-14(2)13-16-18(22)21(8-7-20-9-11-23-12-10-20)17-6-4-3-5-15(17)19-16/h3-6,14,16,19H,7-13H2,1-2H3. The van der Waals surface area contributed by atoms with E-state index in [1.54, 1.807) is 0 Å². The quantitative estimate of drug-likeness (QED) is 0.904. The molecule has 3 rings (SSSR count). The zero-order valence-corrected chi connectivity index (χ0v) is 14.1. The highest BCUT2D eigenvalue weighted by Crippen LogP contribution is 2.32. The molecule has 126 valence electrons. The fourth-order valence-electron chi connectivity index (χ4n) is 3.32. The normalized spacial score (nSPS) is 22.1. The van der Waals surface area contributed by atoms with E-state index in [-0.39, 0.29) is 11.9 Å². The maximum Gasteiger partial charge on any atom is 0.249 e. The lowest BCUT2D eigenvalue weighted by Crippen LogP contribution is -2.50. The second kappa shape index (κ2) is 7.32. The van der Waals surface area contributed by atoms with Crippen molar-refractivity contribution in [2.24, 2.45) is 5.92 Å². The largest absolute Gasteiger partial charge is 0.379 e. The van der Waals surface area contributed by atoms with Crippen LogP contribution >= 0.6 is 0 Å². The van der Waals surface area contributed by atoms with E-state index in [2.05, 4.69) is 30.1 Å². The van der Waals surface area contributed by atoms with E-state index in [1.807, 2.05) is 23.1 Å². The lowest BCUT2D eigenvalue weighted by Gasteiger charge is -2.37. The van der Waals surface area contributed by atoms with Crippen LogP contribution in [0.3, 0.4) is 0 Å². The van der Waals surface area contributed by atoms with Gasteiger partial charge in [0.2, 0.25) is 5.91 Å². The average molecular weight is 317 g/mol. The summed E-state index contributed by atoms with van der Waals surface area (Å²) in [5.74, 6) is 0.688. The van der Waals surface area contributed by atoms with Crippen molar-refractivity contribution in [3.8, 4) is 0 Å². The minimum atomic E-state index is -0.116. The molecule has 0 radical (unpaired) electrons. The molecule has 0 aromatic heterocycles. The van der Waals surface area contributed by atoms with E-state index in [0.717, 1.165) is 57.2 Å². The number of morpholine rings is 1. The van der Waals surface area contributed by atoms with Gasteiger partial charge in [-0.15, -0.1) is 0 Å². The predicted molar refractivity (Wildman–Crippen MR) is 92.9 cm³/mol. The number of hydrogen-bond donors (Lipinski definition) is 1. The van der Waals surface area contributed by atoms with Gasteiger partial charge in [-0.25, -0.2) is 0 Å². The number of anilines is 2. The smallest absolute Gasteiger partial charge is 0.249 e. The number of carbonyl (C=O) groups is 1. The molecule has 1 aromatic rings. The average Bonchev–Trinajstić information content (AvgIpc) is 2.55. The number of nitrogens with one attached hydrogen (secondary N) is 1. The molecule has 1 aromatic carbocycles. The first-order valence-corrected chi connectivity index (χ1v) is 8.62. The molecule has 1 saturated heterocycles. The van der Waals surface area contributed by atoms with E-state index in [1.165, 1.54) is 0 Å². The van der Waals surface area contributed by atoms with Crippen molar-refractivity contribution in [1.82, 2.24) is 4.90 Å². The molecular weight excluding hydrogens is 290 g/mol. The number of fused-ring (bicyclic) bond motifs is 1. The van der Waals surface area contributed by atoms with Crippen molar-refractivity contribution >= 4 is 17.3 Å². The Kier molecular flexibility index (Phi) is 5.18. The molecule has 23 heavy (non-hydrogen) atoms. The van der Waals surface area contributed by atoms with Crippen molar-refractivity contribution in [2.45, 2.75) is 26.3 Å². The molecule has 1 fully saturated rings. The lowest BCUT2D eigenvalue weighted by molar-refractivity contribution is -0.120. The Hall–Kier alpha value is -1.59. The Bertz CT molecular complexity index is 541. The maximum atomic E-state index is 12.9. The third-order valence-corrected chi connectivity index (χ3v) is 4.54. The van der Waals surface area contributed by atoms with Gasteiger partial charge in [0.1, 0.15) is 6.04 Å². The predicted octanol–water partition coefficient (Wildman–Crippen LogP) is 2.19. The Morgan fingerprint density at radius 3 is 2.70 bits per heavy atom. The van der Waals surface area contributed by atoms with Crippen LogP contribution in [0.4, 0.5) is 11.4 Å². The summed E-state index contributed by atoms with van der Waals surface area (Å²) in [5.41, 5.74) is 2.07. The highest BCUT2D eigenvalue weighted by Gasteiger charge is 2.32. The van der Waals surface area contributed by atoms with E-state index >= 15 is 0 Å². The van der Waals surface area contributed by atoms with Crippen LogP contribution in [-0.2, 0) is 9.53 Å². The van der Waals surface area contributed by atoms with Crippen molar-refractivity contribution in [1.29, 1.82) is 0 Å². The van der Waals surface area contributed by atoms with E-state index < -0.39 is 0 Å². The Labute approximate surface area is 138 Å². The molecule has 5 nitrogen and oxygen atoms in total. The lowest BCUT2D eigenvalue weighted by atomic mass is 9.99. The van der Waals surface area contributed by atoms with Crippen LogP contribution in [0, 0.1) is 5.92 Å². The molecule has 0 spiro atoms. The molecular formula is C18H27N3O2. The number of nitrogens with zero attached hydrogens (tertiary/aromatic N) is 2. The third-order valence-electron chi connectivity index (χ3n) is 4.54. The number of ether oxygens (including phenoxy) is 1. The van der Waals surface area contributed by atoms with Gasteiger partial charge < -0.3 is 15.0 Å². The fraction of sp³-hybridized carbons (Fsp3) is 0.611. The molecule has 0 bridgehead atoms. The maximum absolute atomic E-state index is 12.9. The Morgan fingerprint density at radius 2 is 1.96 bits per heavy atom. The summed E-state index contributed by atoms with van der Waals surface area (Å²) in [5, 5.41) is 3.42. The summed E-state index contributed by atoms with van der Waals surface area (Å²) in [7, 11) is 0. The number of benzene rings is 1. The zero-order valence-electron chi connectivity index (χ0n) is 14.1. The van der Waals surface area contributed by atoms with E-state index in [9.17, 15) is 4.79 Å². The minimum Gasteiger partial charge on any atom is -0.379 e. The second-order valence-corrected chi connectivity index (χ2v) is 6.79. The summed E-state index contributed by atoms with van der Waals surface area (Å²) in [6.07, 6.45) is 0.862. The number of carbonyl (C=O) groups excluding carboxylic acids is 1. The van der Waals surface area contributed by atoms with Crippen LogP contribution in [0.25, 0.3) is 0 Å². The van der Waals surface area contributed by atoms with Crippen molar-refractivity contribution in [2.75, 3.05) is 49.6 Å². The third kappa shape index (κ3) is 3.85. The van der Waals surface area contributed by atoms with Crippen LogP contribution in [0.5, 0.6) is 0 Å². The number of para-hydroxylation sites is 2. The number of rotatable bonds is 5. The van der Waals surface area contributed by atoms with Gasteiger partial charge in [-0.2, -0.15) is 0 Å². The van der Waals surface area contributed by atoms with Crippen molar-refractivity contribution in [3.63, 3.8) is 0 Å². The highest BCUT2D eigenvalue weighted by molar-refractivity contribution is 6.04. The Morgan fingerprint density at radius 1 is 1.22 bits per heavy atom. The van der Waals surface area contributed by atoms with Crippen molar-refractivity contribution in [3.05, 3.63) is 24.3 Å². The molecule has 1 amide bonds. The fourth-order valence-corrected chi connectivity index (χ4v) is 3.32. The monoisotopic (exact) mass is 317 g/mol. The van der Waals surface area contributed by atoms with Gasteiger partial charge in [0.05, 0.1) is 24.6 Å². The molecule has 1 atom stereocenters. The first kappa shape index (κ1) is 16.3. The topological polar surface area (TPSA) is 44.8 Å². The van der Waals surface area contributed by atoms with Crippen molar-refractivity contribution < 1.29 is 9.53 Å². The first-order chi connectivity index (χ1) is 11.1. The first-order valence-electron chi connectivity index (χ1n) is 8.62. The summed E-state index contributed by atoms with van der Waals surface area (Å²) in [6, 6.07) is 8.00. The molecule has 2 heterocycles. The van der Waals surface area contributed by atoms with Gasteiger partial charge in [-0.05, 0) is 24.5 Å². The van der Waals surface area contributed by atoms with Crippen LogP contribution in [0.1, 0.15) is 20.3 Å². The zero-order chi connectivity index (χ0) is 16.2. The summed E-state index contributed by atoms with van der Waals surface area (Å²) >= 11 is 0. The SMILES string of the molecule is CC(C)CC1Nc2ccccc2N(CCN2CCOCC2)C1=O. The molecule has 1 unspecified atom stereocenters. The van der Waals surface area contributed by atoms with Gasteiger partial charge >= 0.3 is 0 Å². The highest BCUT2D eigenvalue weighted by atomic mass is 16.5. The van der Waals surface area contributed by atoms with Crippen LogP contribution in [0.2, 0.25) is 0 Å². The van der Waals surface area contributed by atoms with Gasteiger partial charge in [-0.3, -0.25) is 9.69 Å². The van der Waals surface area contributed by atoms with Gasteiger partial charge in [0.25, 0.3) is 0 Å². The van der Waals surface area contributed by atoms with Gasteiger partial charge in [0.15, 0.2) is 0 Å². The van der Waals surface area contributed by atoms with Gasteiger partial charge in [-0.1, -0.05) is 26.0 Å². The Balaban J connectivity index is 1.73. The second-order valence-electron chi connectivity index (χ2n) is 6.79. The summed E-state index contributed by atoms with van der Waals surface area (Å²) in [6.45, 7) is 9.46. The van der Waals surface area contributed by atoms with Crippen LogP contribution < -0.4 is 10.2 Å². The molecule has 2 aliphatic heterocycles. The molecule has 2 aliphatic rings. The van der Waals surface area contributed by atoms with Crippen LogP contribution in [-0.4, -0.2) is 56.2 Å². The van der Waals surface area contributed by atoms with Gasteiger partial charge in [0, 0.05) is 26.2 Å². The molecule has 0 aliphatic carbocycles. The van der Waals surface area contributed by atoms with Crippen LogP contribution in [0.15, 0.2) is 24.3 Å².